The molecule has 0 bridgehead atoms. The number of rotatable bonds is 12. The SMILES string of the molecule is C=CCN1CC(=O)N2[C@@H](Cc3ccc(O)cc3)C(=O)N(Cc3cccc4c(C(=O)CN5CCOCC5)cn(C)c34)C[C@@H]2N1C(=O)CCc1ccccc1. The van der Waals surface area contributed by atoms with E-state index in [0.29, 0.717) is 44.8 Å². The minimum absolute atomic E-state index is 0.0287. The molecule has 3 fully saturated rings. The van der Waals surface area contributed by atoms with Gasteiger partial charge in [0.05, 0.1) is 38.4 Å². The van der Waals surface area contributed by atoms with Crippen molar-refractivity contribution in [2.24, 2.45) is 7.05 Å². The first kappa shape index (κ1) is 36.1. The topological polar surface area (TPSA) is 119 Å². The van der Waals surface area contributed by atoms with E-state index in [9.17, 15) is 24.3 Å². The third-order valence-electron chi connectivity index (χ3n) is 10.5. The fraction of sp³-hybridized carbons (Fsp3) is 0.366. The van der Waals surface area contributed by atoms with Crippen molar-refractivity contribution in [1.29, 1.82) is 0 Å². The van der Waals surface area contributed by atoms with E-state index in [-0.39, 0.29) is 68.3 Å². The smallest absolute Gasteiger partial charge is 0.246 e. The standard InChI is InChI=1S/C41H46N6O6/c1-3-18-45-28-39(51)46-35(23-30-12-15-32(48)16-13-30)41(52)44(27-37(46)47(45)38(50)17-14-29-8-5-4-6-9-29)24-31-10-7-11-33-34(25-42(2)40(31)33)36(49)26-43-19-21-53-22-20-43/h3-13,15-16,25,35,37,48H,1,14,17-24,26-28H2,2H3/t35-,37-/m0/s1. The summed E-state index contributed by atoms with van der Waals surface area (Å²) in [5.74, 6) is -0.490. The fourth-order valence-electron chi connectivity index (χ4n) is 7.93. The van der Waals surface area contributed by atoms with E-state index in [1.165, 1.54) is 0 Å². The summed E-state index contributed by atoms with van der Waals surface area (Å²) in [6.07, 6.45) is 3.74. The molecule has 276 valence electrons. The van der Waals surface area contributed by atoms with Crippen LogP contribution in [0.2, 0.25) is 0 Å². The summed E-state index contributed by atoms with van der Waals surface area (Å²) in [5, 5.41) is 14.2. The van der Waals surface area contributed by atoms with Gasteiger partial charge in [-0.1, -0.05) is 66.7 Å². The van der Waals surface area contributed by atoms with Gasteiger partial charge in [-0.3, -0.25) is 24.1 Å². The number of aromatic hydroxyl groups is 1. The van der Waals surface area contributed by atoms with Gasteiger partial charge in [-0.2, -0.15) is 0 Å². The Morgan fingerprint density at radius 2 is 1.72 bits per heavy atom. The van der Waals surface area contributed by atoms with Gasteiger partial charge in [0.1, 0.15) is 18.0 Å². The highest BCUT2D eigenvalue weighted by Gasteiger charge is 2.51. The largest absolute Gasteiger partial charge is 0.508 e. The number of Topliss-reactive ketones (excluding diaryl/α,β-unsaturated/α-hetero) is 1. The summed E-state index contributed by atoms with van der Waals surface area (Å²) >= 11 is 0. The number of carbonyl (C=O) groups excluding carboxylic acids is 4. The number of aryl methyl sites for hydroxylation is 2. The quantitative estimate of drug-likeness (QED) is 0.175. The van der Waals surface area contributed by atoms with Crippen LogP contribution in [-0.4, -0.2) is 123 Å². The Morgan fingerprint density at radius 3 is 2.45 bits per heavy atom. The second-order valence-electron chi connectivity index (χ2n) is 14.0. The van der Waals surface area contributed by atoms with E-state index in [0.717, 1.165) is 27.6 Å². The van der Waals surface area contributed by atoms with Crippen LogP contribution in [0.5, 0.6) is 5.75 Å². The number of para-hydroxylation sites is 1. The number of hydrogen-bond donors (Lipinski definition) is 1. The van der Waals surface area contributed by atoms with Crippen LogP contribution >= 0.6 is 0 Å². The molecule has 0 unspecified atom stereocenters. The van der Waals surface area contributed by atoms with Crippen molar-refractivity contribution >= 4 is 34.4 Å². The van der Waals surface area contributed by atoms with Crippen LogP contribution < -0.4 is 0 Å². The molecule has 3 aliphatic heterocycles. The van der Waals surface area contributed by atoms with Crippen molar-refractivity contribution in [1.82, 2.24) is 29.3 Å². The number of nitrogens with zero attached hydrogens (tertiary/aromatic N) is 6. The molecule has 3 aromatic carbocycles. The first-order valence-electron chi connectivity index (χ1n) is 18.2. The van der Waals surface area contributed by atoms with E-state index >= 15 is 0 Å². The van der Waals surface area contributed by atoms with Crippen LogP contribution in [0.4, 0.5) is 0 Å². The zero-order valence-electron chi connectivity index (χ0n) is 30.1. The predicted molar refractivity (Wildman–Crippen MR) is 200 cm³/mol. The summed E-state index contributed by atoms with van der Waals surface area (Å²) in [6, 6.07) is 21.4. The first-order valence-corrected chi connectivity index (χ1v) is 18.2. The summed E-state index contributed by atoms with van der Waals surface area (Å²) in [6.45, 7) is 7.36. The maximum Gasteiger partial charge on any atom is 0.246 e. The Morgan fingerprint density at radius 1 is 0.962 bits per heavy atom. The summed E-state index contributed by atoms with van der Waals surface area (Å²) in [5.41, 5.74) is 4.15. The predicted octanol–water partition coefficient (Wildman–Crippen LogP) is 3.39. The van der Waals surface area contributed by atoms with Gasteiger partial charge < -0.3 is 24.2 Å². The molecule has 0 saturated carbocycles. The number of ketones is 1. The zero-order valence-corrected chi connectivity index (χ0v) is 30.1. The van der Waals surface area contributed by atoms with E-state index in [2.05, 4.69) is 11.5 Å². The molecule has 7 rings (SSSR count). The van der Waals surface area contributed by atoms with Gasteiger partial charge in [-0.25, -0.2) is 10.0 Å². The molecular weight excluding hydrogens is 672 g/mol. The van der Waals surface area contributed by atoms with Crippen molar-refractivity contribution in [3.63, 3.8) is 0 Å². The second-order valence-corrected chi connectivity index (χ2v) is 14.0. The van der Waals surface area contributed by atoms with Crippen LogP contribution in [-0.2, 0) is 45.6 Å². The third-order valence-corrected chi connectivity index (χ3v) is 10.5. The van der Waals surface area contributed by atoms with Gasteiger partial charge in [0.25, 0.3) is 0 Å². The van der Waals surface area contributed by atoms with Crippen LogP contribution in [0, 0.1) is 0 Å². The fourth-order valence-corrected chi connectivity index (χ4v) is 7.93. The van der Waals surface area contributed by atoms with Crippen molar-refractivity contribution in [2.75, 3.05) is 52.5 Å². The molecule has 3 saturated heterocycles. The molecule has 2 atom stereocenters. The van der Waals surface area contributed by atoms with E-state index < -0.39 is 12.2 Å². The van der Waals surface area contributed by atoms with Crippen LogP contribution in [0.1, 0.15) is 33.5 Å². The van der Waals surface area contributed by atoms with Crippen molar-refractivity contribution < 1.29 is 29.0 Å². The van der Waals surface area contributed by atoms with Crippen molar-refractivity contribution in [3.8, 4) is 5.75 Å². The lowest BCUT2D eigenvalue weighted by Crippen LogP contribution is -2.75. The highest BCUT2D eigenvalue weighted by atomic mass is 16.5. The molecule has 12 nitrogen and oxygen atoms in total. The third kappa shape index (κ3) is 7.61. The van der Waals surface area contributed by atoms with Gasteiger partial charge >= 0.3 is 0 Å². The number of morpholine rings is 1. The number of benzene rings is 3. The number of aromatic nitrogens is 1. The molecule has 3 aliphatic rings. The number of amides is 3. The molecule has 0 spiro atoms. The molecule has 1 N–H and O–H groups in total. The average Bonchev–Trinajstić information content (AvgIpc) is 3.51. The summed E-state index contributed by atoms with van der Waals surface area (Å²) in [4.78, 5) is 61.9. The Labute approximate surface area is 309 Å². The summed E-state index contributed by atoms with van der Waals surface area (Å²) < 4.78 is 7.41. The lowest BCUT2D eigenvalue weighted by molar-refractivity contribution is -0.205. The van der Waals surface area contributed by atoms with Gasteiger partial charge in [0.2, 0.25) is 17.7 Å². The van der Waals surface area contributed by atoms with E-state index in [4.69, 9.17) is 4.74 Å². The highest BCUT2D eigenvalue weighted by Crippen LogP contribution is 2.32. The number of hydrazine groups is 1. The molecule has 1 aromatic heterocycles. The molecule has 0 aliphatic carbocycles. The Kier molecular flexibility index (Phi) is 10.7. The Balaban J connectivity index is 1.23. The molecule has 4 aromatic rings. The lowest BCUT2D eigenvalue weighted by Gasteiger charge is -2.55. The van der Waals surface area contributed by atoms with E-state index in [1.807, 2.05) is 66.3 Å². The van der Waals surface area contributed by atoms with Crippen molar-refractivity contribution in [2.45, 2.75) is 38.0 Å². The van der Waals surface area contributed by atoms with Crippen molar-refractivity contribution in [3.05, 3.63) is 114 Å². The second kappa shape index (κ2) is 15.7. The number of hydrogen-bond acceptors (Lipinski definition) is 8. The minimum Gasteiger partial charge on any atom is -0.508 e. The first-order chi connectivity index (χ1) is 25.7. The molecule has 0 radical (unpaired) electrons. The van der Waals surface area contributed by atoms with Crippen LogP contribution in [0.3, 0.4) is 0 Å². The van der Waals surface area contributed by atoms with E-state index in [1.54, 1.807) is 50.2 Å². The van der Waals surface area contributed by atoms with Gasteiger partial charge in [-0.05, 0) is 35.2 Å². The van der Waals surface area contributed by atoms with Gasteiger partial charge in [0, 0.05) is 63.2 Å². The monoisotopic (exact) mass is 718 g/mol. The number of phenolic OH excluding ortho intramolecular Hbond substituents is 1. The zero-order chi connectivity index (χ0) is 37.1. The highest BCUT2D eigenvalue weighted by molar-refractivity contribution is 6.09. The molecule has 4 heterocycles. The normalized spacial score (nSPS) is 19.8. The Bertz CT molecular complexity index is 1990. The maximum atomic E-state index is 14.6. The number of ether oxygens (including phenoxy) is 1. The maximum absolute atomic E-state index is 14.6. The number of carbonyl (C=O) groups is 4. The summed E-state index contributed by atoms with van der Waals surface area (Å²) in [7, 11) is 1.91. The van der Waals surface area contributed by atoms with Crippen LogP contribution in [0.15, 0.2) is 91.6 Å². The molecule has 3 amide bonds. The Hall–Kier alpha value is -5.30. The number of fused-ring (bicyclic) bond motifs is 2. The molecule has 12 heteroatoms. The van der Waals surface area contributed by atoms with Crippen LogP contribution in [0.25, 0.3) is 10.9 Å². The number of piperazine rings is 1. The lowest BCUT2D eigenvalue weighted by atomic mass is 9.97. The van der Waals surface area contributed by atoms with Gasteiger partial charge in [0.15, 0.2) is 5.78 Å². The minimum atomic E-state index is -0.889. The molecular formula is C41H46N6O6. The molecule has 53 heavy (non-hydrogen) atoms. The average molecular weight is 719 g/mol. The van der Waals surface area contributed by atoms with Gasteiger partial charge in [-0.15, -0.1) is 6.58 Å². The number of phenols is 1.